The van der Waals surface area contributed by atoms with Gasteiger partial charge in [-0.2, -0.15) is 0 Å². The van der Waals surface area contributed by atoms with Crippen LogP contribution in [-0.4, -0.2) is 72.2 Å². The maximum atomic E-state index is 12.9. The van der Waals surface area contributed by atoms with Crippen LogP contribution >= 0.6 is 0 Å². The predicted molar refractivity (Wildman–Crippen MR) is 91.0 cm³/mol. The van der Waals surface area contributed by atoms with E-state index in [1.807, 2.05) is 4.90 Å². The molecule has 3 heterocycles. The highest BCUT2D eigenvalue weighted by molar-refractivity contribution is 5.94. The highest BCUT2D eigenvalue weighted by atomic mass is 16.5. The van der Waals surface area contributed by atoms with Gasteiger partial charge in [0, 0.05) is 44.1 Å². The van der Waals surface area contributed by atoms with Gasteiger partial charge < -0.3 is 19.6 Å². The number of hydrogen-bond donors (Lipinski definition) is 1. The molecule has 0 radical (unpaired) electrons. The topological polar surface area (TPSA) is 65.9 Å². The summed E-state index contributed by atoms with van der Waals surface area (Å²) >= 11 is 0. The molecule has 1 aromatic rings. The van der Waals surface area contributed by atoms with Crippen LogP contribution in [0, 0.1) is 11.8 Å². The summed E-state index contributed by atoms with van der Waals surface area (Å²) in [4.78, 5) is 21.3. The standard InChI is InChI=1S/C18H27N3O3/c1-24-17-9-16(4-5-19-17)18(23)21-11-14(8-15(12-21)13-22)10-20-6-2-3-7-20/h4-5,9,14-15,22H,2-3,6-8,10-13H2,1H3/t14-,15-/m1/s1. The van der Waals surface area contributed by atoms with Gasteiger partial charge in [0.05, 0.1) is 7.11 Å². The molecular weight excluding hydrogens is 306 g/mol. The zero-order valence-electron chi connectivity index (χ0n) is 14.4. The number of rotatable bonds is 5. The molecule has 6 nitrogen and oxygen atoms in total. The number of ether oxygens (including phenoxy) is 1. The minimum Gasteiger partial charge on any atom is -0.481 e. The molecule has 24 heavy (non-hydrogen) atoms. The Bertz CT molecular complexity index is 560. The third-order valence-corrected chi connectivity index (χ3v) is 5.08. The second-order valence-corrected chi connectivity index (χ2v) is 6.96. The van der Waals surface area contributed by atoms with Gasteiger partial charge in [0.1, 0.15) is 0 Å². The minimum atomic E-state index is 0.000252. The normalized spacial score (nSPS) is 25.0. The Morgan fingerprint density at radius 1 is 1.33 bits per heavy atom. The van der Waals surface area contributed by atoms with Crippen molar-refractivity contribution in [1.29, 1.82) is 0 Å². The summed E-state index contributed by atoms with van der Waals surface area (Å²) in [7, 11) is 1.55. The summed E-state index contributed by atoms with van der Waals surface area (Å²) in [6.45, 7) is 4.87. The molecule has 0 spiro atoms. The third-order valence-electron chi connectivity index (χ3n) is 5.08. The second kappa shape index (κ2) is 7.94. The molecule has 0 saturated carbocycles. The summed E-state index contributed by atoms with van der Waals surface area (Å²) in [5.41, 5.74) is 0.598. The molecule has 0 aromatic carbocycles. The Kier molecular flexibility index (Phi) is 5.68. The van der Waals surface area contributed by atoms with Gasteiger partial charge in [-0.3, -0.25) is 4.79 Å². The minimum absolute atomic E-state index is 0.000252. The molecule has 132 valence electrons. The van der Waals surface area contributed by atoms with Crippen molar-refractivity contribution >= 4 is 5.91 Å². The number of likely N-dealkylation sites (tertiary alicyclic amines) is 2. The lowest BCUT2D eigenvalue weighted by atomic mass is 9.89. The van der Waals surface area contributed by atoms with E-state index < -0.39 is 0 Å². The second-order valence-electron chi connectivity index (χ2n) is 6.96. The molecule has 1 aromatic heterocycles. The Hall–Kier alpha value is -1.66. The first kappa shape index (κ1) is 17.2. The van der Waals surface area contributed by atoms with E-state index in [4.69, 9.17) is 4.74 Å². The smallest absolute Gasteiger partial charge is 0.254 e. The average molecular weight is 333 g/mol. The Balaban J connectivity index is 1.69. The summed E-state index contributed by atoms with van der Waals surface area (Å²) in [6, 6.07) is 3.41. The van der Waals surface area contributed by atoms with Crippen LogP contribution < -0.4 is 4.74 Å². The fraction of sp³-hybridized carbons (Fsp3) is 0.667. The van der Waals surface area contributed by atoms with Crippen LogP contribution in [0.4, 0.5) is 0 Å². The molecule has 1 N–H and O–H groups in total. The highest BCUT2D eigenvalue weighted by Gasteiger charge is 2.31. The quantitative estimate of drug-likeness (QED) is 0.879. The fourth-order valence-corrected chi connectivity index (χ4v) is 3.92. The molecule has 0 bridgehead atoms. The van der Waals surface area contributed by atoms with Crippen LogP contribution in [0.3, 0.4) is 0 Å². The van der Waals surface area contributed by atoms with E-state index in [1.165, 1.54) is 12.8 Å². The Labute approximate surface area is 143 Å². The van der Waals surface area contributed by atoms with Crippen molar-refractivity contribution in [2.45, 2.75) is 19.3 Å². The van der Waals surface area contributed by atoms with E-state index in [9.17, 15) is 9.90 Å². The number of nitrogens with zero attached hydrogens (tertiary/aromatic N) is 3. The van der Waals surface area contributed by atoms with E-state index in [2.05, 4.69) is 9.88 Å². The number of piperidine rings is 1. The molecule has 3 rings (SSSR count). The predicted octanol–water partition coefficient (Wildman–Crippen LogP) is 1.26. The molecule has 2 fully saturated rings. The number of aliphatic hydroxyl groups excluding tert-OH is 1. The monoisotopic (exact) mass is 333 g/mol. The van der Waals surface area contributed by atoms with Crippen LogP contribution in [0.2, 0.25) is 0 Å². The molecule has 2 aliphatic heterocycles. The van der Waals surface area contributed by atoms with Gasteiger partial charge in [0.25, 0.3) is 5.91 Å². The van der Waals surface area contributed by atoms with Gasteiger partial charge in [0.15, 0.2) is 0 Å². The summed E-state index contributed by atoms with van der Waals surface area (Å²) in [5, 5.41) is 9.64. The van der Waals surface area contributed by atoms with E-state index in [0.29, 0.717) is 23.9 Å². The number of aliphatic hydroxyl groups is 1. The molecular formula is C18H27N3O3. The zero-order valence-corrected chi connectivity index (χ0v) is 14.4. The van der Waals surface area contributed by atoms with Crippen molar-refractivity contribution < 1.29 is 14.6 Å². The highest BCUT2D eigenvalue weighted by Crippen LogP contribution is 2.25. The summed E-state index contributed by atoms with van der Waals surface area (Å²) in [6.07, 6.45) is 5.14. The van der Waals surface area contributed by atoms with E-state index >= 15 is 0 Å². The molecule has 6 heteroatoms. The molecule has 2 aliphatic rings. The number of pyridine rings is 1. The number of carbonyl (C=O) groups excluding carboxylic acids is 1. The molecule has 2 atom stereocenters. The van der Waals surface area contributed by atoms with Gasteiger partial charge in [-0.25, -0.2) is 4.98 Å². The average Bonchev–Trinajstić information content (AvgIpc) is 3.13. The first-order valence-corrected chi connectivity index (χ1v) is 8.82. The van der Waals surface area contributed by atoms with Crippen LogP contribution in [0.5, 0.6) is 5.88 Å². The van der Waals surface area contributed by atoms with Gasteiger partial charge in [-0.05, 0) is 50.3 Å². The molecule has 0 unspecified atom stereocenters. The van der Waals surface area contributed by atoms with E-state index in [1.54, 1.807) is 25.4 Å². The Morgan fingerprint density at radius 2 is 2.08 bits per heavy atom. The SMILES string of the molecule is COc1cc(C(=O)N2C[C@H](CO)C[C@H](CN3CCCC3)C2)ccn1. The largest absolute Gasteiger partial charge is 0.481 e. The number of hydrogen-bond acceptors (Lipinski definition) is 5. The lowest BCUT2D eigenvalue weighted by Gasteiger charge is -2.38. The number of amides is 1. The van der Waals surface area contributed by atoms with Crippen molar-refractivity contribution in [1.82, 2.24) is 14.8 Å². The number of methoxy groups -OCH3 is 1. The van der Waals surface area contributed by atoms with Crippen molar-refractivity contribution in [3.63, 3.8) is 0 Å². The van der Waals surface area contributed by atoms with Crippen molar-refractivity contribution in [3.8, 4) is 5.88 Å². The van der Waals surface area contributed by atoms with Crippen molar-refractivity contribution in [2.75, 3.05) is 46.4 Å². The first-order chi connectivity index (χ1) is 11.7. The van der Waals surface area contributed by atoms with Gasteiger partial charge >= 0.3 is 0 Å². The van der Waals surface area contributed by atoms with Gasteiger partial charge in [-0.15, -0.1) is 0 Å². The van der Waals surface area contributed by atoms with Crippen LogP contribution in [-0.2, 0) is 0 Å². The third kappa shape index (κ3) is 4.05. The van der Waals surface area contributed by atoms with E-state index in [-0.39, 0.29) is 18.4 Å². The molecule has 1 amide bonds. The lowest BCUT2D eigenvalue weighted by molar-refractivity contribution is 0.0465. The fourth-order valence-electron chi connectivity index (χ4n) is 3.92. The van der Waals surface area contributed by atoms with Crippen molar-refractivity contribution in [3.05, 3.63) is 23.9 Å². The van der Waals surface area contributed by atoms with E-state index in [0.717, 1.165) is 32.6 Å². The summed E-state index contributed by atoms with van der Waals surface area (Å²) in [5.74, 6) is 1.05. The summed E-state index contributed by atoms with van der Waals surface area (Å²) < 4.78 is 5.12. The van der Waals surface area contributed by atoms with Crippen LogP contribution in [0.25, 0.3) is 0 Å². The number of aromatic nitrogens is 1. The molecule has 0 aliphatic carbocycles. The molecule has 2 saturated heterocycles. The number of carbonyl (C=O) groups is 1. The first-order valence-electron chi connectivity index (χ1n) is 8.82. The van der Waals surface area contributed by atoms with Crippen molar-refractivity contribution in [2.24, 2.45) is 11.8 Å². The van der Waals surface area contributed by atoms with Gasteiger partial charge in [-0.1, -0.05) is 0 Å². The van der Waals surface area contributed by atoms with Gasteiger partial charge in [0.2, 0.25) is 5.88 Å². The maximum absolute atomic E-state index is 12.9. The van der Waals surface area contributed by atoms with Crippen LogP contribution in [0.15, 0.2) is 18.3 Å². The van der Waals surface area contributed by atoms with Crippen LogP contribution in [0.1, 0.15) is 29.6 Å². The Morgan fingerprint density at radius 3 is 2.79 bits per heavy atom. The zero-order chi connectivity index (χ0) is 16.9. The lowest BCUT2D eigenvalue weighted by Crippen LogP contribution is -2.47. The maximum Gasteiger partial charge on any atom is 0.254 e.